The number of carbonyl (C=O) groups is 1. The Morgan fingerprint density at radius 2 is 1.65 bits per heavy atom. The van der Waals surface area contributed by atoms with Crippen LogP contribution in [0.2, 0.25) is 0 Å². The van der Waals surface area contributed by atoms with Crippen molar-refractivity contribution in [3.05, 3.63) is 78.1 Å². The van der Waals surface area contributed by atoms with Crippen LogP contribution in [0.15, 0.2) is 67.0 Å². The van der Waals surface area contributed by atoms with Gasteiger partial charge in [-0.2, -0.15) is 0 Å². The summed E-state index contributed by atoms with van der Waals surface area (Å²) in [5, 5.41) is 11.9. The van der Waals surface area contributed by atoms with Crippen LogP contribution in [-0.2, 0) is 0 Å². The van der Waals surface area contributed by atoms with Gasteiger partial charge in [0.2, 0.25) is 0 Å². The molecular formula is C17H13NO2. The van der Waals surface area contributed by atoms with Crippen molar-refractivity contribution in [3.8, 4) is 0 Å². The van der Waals surface area contributed by atoms with Gasteiger partial charge in [0.25, 0.3) is 0 Å². The third-order valence-corrected chi connectivity index (χ3v) is 3.30. The zero-order valence-corrected chi connectivity index (χ0v) is 10.7. The van der Waals surface area contributed by atoms with Crippen LogP contribution in [0, 0.1) is 0 Å². The maximum absolute atomic E-state index is 12.5. The van der Waals surface area contributed by atoms with E-state index in [0.29, 0.717) is 11.1 Å². The predicted molar refractivity (Wildman–Crippen MR) is 77.5 cm³/mol. The molecule has 0 aliphatic heterocycles. The van der Waals surface area contributed by atoms with E-state index in [0.717, 1.165) is 10.8 Å². The van der Waals surface area contributed by atoms with Gasteiger partial charge in [0.15, 0.2) is 5.78 Å². The maximum atomic E-state index is 12.5. The first-order valence-electron chi connectivity index (χ1n) is 6.37. The van der Waals surface area contributed by atoms with Crippen molar-refractivity contribution in [2.75, 3.05) is 0 Å². The molecule has 3 nitrogen and oxygen atoms in total. The molecule has 0 amide bonds. The molecule has 0 radical (unpaired) electrons. The second kappa shape index (κ2) is 5.23. The lowest BCUT2D eigenvalue weighted by Gasteiger charge is -2.11. The second-order valence-corrected chi connectivity index (χ2v) is 4.59. The number of aliphatic hydroxyl groups excluding tert-OH is 1. The molecule has 0 bridgehead atoms. The van der Waals surface area contributed by atoms with Gasteiger partial charge in [0, 0.05) is 23.3 Å². The van der Waals surface area contributed by atoms with E-state index >= 15 is 0 Å². The number of nitrogens with zero attached hydrogens (tertiary/aromatic N) is 1. The Labute approximate surface area is 116 Å². The fourth-order valence-electron chi connectivity index (χ4n) is 2.25. The Kier molecular flexibility index (Phi) is 3.27. The Morgan fingerprint density at radius 3 is 2.45 bits per heavy atom. The lowest BCUT2D eigenvalue weighted by atomic mass is 9.97. The third kappa shape index (κ3) is 2.19. The number of Topliss-reactive ketones (excluding diaryl/α,β-unsaturated/α-hetero) is 1. The largest absolute Gasteiger partial charge is 0.380 e. The Hall–Kier alpha value is -2.52. The van der Waals surface area contributed by atoms with Crippen LogP contribution in [0.1, 0.15) is 22.0 Å². The van der Waals surface area contributed by atoms with E-state index in [4.69, 9.17) is 0 Å². The number of carbonyl (C=O) groups excluding carboxylic acids is 1. The standard InChI is InChI=1S/C17H13NO2/c19-16(12-6-2-1-3-7-12)17(20)15-11-18-10-13-8-4-5-9-14(13)15/h1-11,16,19H. The van der Waals surface area contributed by atoms with Crippen molar-refractivity contribution in [1.82, 2.24) is 4.98 Å². The molecule has 3 aromatic rings. The first-order valence-corrected chi connectivity index (χ1v) is 6.37. The number of pyridine rings is 1. The molecule has 98 valence electrons. The number of benzene rings is 2. The molecule has 1 aromatic heterocycles. The van der Waals surface area contributed by atoms with Gasteiger partial charge < -0.3 is 5.11 Å². The normalized spacial score (nSPS) is 12.2. The van der Waals surface area contributed by atoms with Gasteiger partial charge in [0.1, 0.15) is 6.10 Å². The molecule has 0 aliphatic rings. The van der Waals surface area contributed by atoms with Crippen molar-refractivity contribution in [3.63, 3.8) is 0 Å². The van der Waals surface area contributed by atoms with Crippen LogP contribution in [0.4, 0.5) is 0 Å². The highest BCUT2D eigenvalue weighted by molar-refractivity contribution is 6.09. The molecule has 0 aliphatic carbocycles. The summed E-state index contributed by atoms with van der Waals surface area (Å²) >= 11 is 0. The molecule has 1 unspecified atom stereocenters. The van der Waals surface area contributed by atoms with Crippen molar-refractivity contribution < 1.29 is 9.90 Å². The number of aromatic nitrogens is 1. The zero-order chi connectivity index (χ0) is 13.9. The fourth-order valence-corrected chi connectivity index (χ4v) is 2.25. The van der Waals surface area contributed by atoms with Crippen LogP contribution < -0.4 is 0 Å². The molecular weight excluding hydrogens is 250 g/mol. The SMILES string of the molecule is O=C(c1cncc2ccccc12)C(O)c1ccccc1. The molecule has 2 aromatic carbocycles. The molecule has 0 saturated heterocycles. The molecule has 0 spiro atoms. The van der Waals surface area contributed by atoms with Gasteiger partial charge in [-0.25, -0.2) is 0 Å². The average Bonchev–Trinajstić information content (AvgIpc) is 2.54. The summed E-state index contributed by atoms with van der Waals surface area (Å²) in [5.41, 5.74) is 1.03. The molecule has 1 atom stereocenters. The molecule has 0 saturated carbocycles. The van der Waals surface area contributed by atoms with Crippen LogP contribution in [0.5, 0.6) is 0 Å². The van der Waals surface area contributed by atoms with Crippen LogP contribution in [0.3, 0.4) is 0 Å². The summed E-state index contributed by atoms with van der Waals surface area (Å²) in [4.78, 5) is 16.5. The maximum Gasteiger partial charge on any atom is 0.197 e. The molecule has 3 rings (SSSR count). The van der Waals surface area contributed by atoms with Gasteiger partial charge in [-0.15, -0.1) is 0 Å². The first kappa shape index (κ1) is 12.5. The van der Waals surface area contributed by atoms with Crippen molar-refractivity contribution in [2.24, 2.45) is 0 Å². The smallest absolute Gasteiger partial charge is 0.197 e. The molecule has 20 heavy (non-hydrogen) atoms. The van der Waals surface area contributed by atoms with Gasteiger partial charge in [-0.3, -0.25) is 9.78 Å². The van der Waals surface area contributed by atoms with Crippen LogP contribution in [0.25, 0.3) is 10.8 Å². The van der Waals surface area contributed by atoms with E-state index in [1.807, 2.05) is 30.3 Å². The van der Waals surface area contributed by atoms with Crippen molar-refractivity contribution in [1.29, 1.82) is 0 Å². The zero-order valence-electron chi connectivity index (χ0n) is 10.7. The lowest BCUT2D eigenvalue weighted by molar-refractivity contribution is 0.0749. The fraction of sp³-hybridized carbons (Fsp3) is 0.0588. The number of fused-ring (bicyclic) bond motifs is 1. The summed E-state index contributed by atoms with van der Waals surface area (Å²) in [6.45, 7) is 0. The first-order chi connectivity index (χ1) is 9.77. The molecule has 1 N–H and O–H groups in total. The minimum atomic E-state index is -1.16. The van der Waals surface area contributed by atoms with Crippen molar-refractivity contribution >= 4 is 16.6 Å². The van der Waals surface area contributed by atoms with Gasteiger partial charge in [0.05, 0.1) is 0 Å². The minimum absolute atomic E-state index is 0.333. The van der Waals surface area contributed by atoms with Gasteiger partial charge >= 0.3 is 0 Å². The van der Waals surface area contributed by atoms with Gasteiger partial charge in [-0.1, -0.05) is 54.6 Å². The van der Waals surface area contributed by atoms with E-state index in [9.17, 15) is 9.90 Å². The highest BCUT2D eigenvalue weighted by Gasteiger charge is 2.20. The van der Waals surface area contributed by atoms with Crippen LogP contribution >= 0.6 is 0 Å². The average molecular weight is 263 g/mol. The van der Waals surface area contributed by atoms with E-state index in [1.165, 1.54) is 6.20 Å². The van der Waals surface area contributed by atoms with Crippen molar-refractivity contribution in [2.45, 2.75) is 6.10 Å². The molecule has 0 fully saturated rings. The number of hydrogen-bond acceptors (Lipinski definition) is 3. The van der Waals surface area contributed by atoms with E-state index in [1.54, 1.807) is 30.5 Å². The topological polar surface area (TPSA) is 50.2 Å². The summed E-state index contributed by atoms with van der Waals surface area (Å²) in [5.74, 6) is -0.333. The van der Waals surface area contributed by atoms with E-state index in [2.05, 4.69) is 4.98 Å². The minimum Gasteiger partial charge on any atom is -0.380 e. The Bertz CT molecular complexity index is 748. The second-order valence-electron chi connectivity index (χ2n) is 4.59. The van der Waals surface area contributed by atoms with Crippen LogP contribution in [-0.4, -0.2) is 15.9 Å². The van der Waals surface area contributed by atoms with E-state index < -0.39 is 6.10 Å². The lowest BCUT2D eigenvalue weighted by Crippen LogP contribution is -2.13. The van der Waals surface area contributed by atoms with Gasteiger partial charge in [-0.05, 0) is 10.9 Å². The number of hydrogen-bond donors (Lipinski definition) is 1. The number of aliphatic hydroxyl groups is 1. The Morgan fingerprint density at radius 1 is 0.950 bits per heavy atom. The molecule has 3 heteroatoms. The third-order valence-electron chi connectivity index (χ3n) is 3.30. The summed E-state index contributed by atoms with van der Waals surface area (Å²) in [7, 11) is 0. The highest BCUT2D eigenvalue weighted by atomic mass is 16.3. The number of ketones is 1. The summed E-state index contributed by atoms with van der Waals surface area (Å²) < 4.78 is 0. The monoisotopic (exact) mass is 263 g/mol. The summed E-state index contributed by atoms with van der Waals surface area (Å²) in [6.07, 6.45) is 2.06. The highest BCUT2D eigenvalue weighted by Crippen LogP contribution is 2.23. The summed E-state index contributed by atoms with van der Waals surface area (Å²) in [6, 6.07) is 16.4. The molecule has 1 heterocycles. The Balaban J connectivity index is 2.05. The number of rotatable bonds is 3. The predicted octanol–water partition coefficient (Wildman–Crippen LogP) is 3.15. The van der Waals surface area contributed by atoms with E-state index in [-0.39, 0.29) is 5.78 Å². The quantitative estimate of drug-likeness (QED) is 0.738.